The summed E-state index contributed by atoms with van der Waals surface area (Å²) in [5.74, 6) is 0.175. The number of hydrogen-bond acceptors (Lipinski definition) is 10. The summed E-state index contributed by atoms with van der Waals surface area (Å²) in [5, 5.41) is 0. The molecule has 0 radical (unpaired) electrons. The zero-order chi connectivity index (χ0) is 31.1. The van der Waals surface area contributed by atoms with E-state index < -0.39 is 41.2 Å². The number of methoxy groups -OCH3 is 3. The molecule has 0 amide bonds. The van der Waals surface area contributed by atoms with Gasteiger partial charge >= 0.3 is 7.60 Å². The van der Waals surface area contributed by atoms with E-state index in [-0.39, 0.29) is 42.1 Å². The molecule has 2 atom stereocenters. The topological polar surface area (TPSA) is 164 Å². The van der Waals surface area contributed by atoms with Gasteiger partial charge in [0.15, 0.2) is 32.8 Å². The van der Waals surface area contributed by atoms with Gasteiger partial charge in [0.1, 0.15) is 16.4 Å². The highest BCUT2D eigenvalue weighted by molar-refractivity contribution is 7.92. The maximum absolute atomic E-state index is 13.4. The third-order valence-corrected chi connectivity index (χ3v) is 9.18. The van der Waals surface area contributed by atoms with Crippen LogP contribution in [0.4, 0.5) is 0 Å². The molecule has 0 spiro atoms. The minimum absolute atomic E-state index is 0.0282. The van der Waals surface area contributed by atoms with Crippen molar-refractivity contribution in [2.24, 2.45) is 0 Å². The zero-order valence-electron chi connectivity index (χ0n) is 24.5. The lowest BCUT2D eigenvalue weighted by Gasteiger charge is -2.21. The molecule has 1 saturated heterocycles. The van der Waals surface area contributed by atoms with E-state index in [2.05, 4.69) is 0 Å². The molecule has 2 aromatic rings. The number of carbonyl (C=O) groups is 1. The lowest BCUT2D eigenvalue weighted by Crippen LogP contribution is -2.16. The van der Waals surface area contributed by atoms with Crippen molar-refractivity contribution in [1.82, 2.24) is 0 Å². The molecule has 2 N–H and O–H groups in total. The van der Waals surface area contributed by atoms with Gasteiger partial charge in [-0.25, -0.2) is 8.42 Å². The summed E-state index contributed by atoms with van der Waals surface area (Å²) < 4.78 is 72.4. The zero-order valence-corrected chi connectivity index (χ0v) is 26.2. The smallest absolute Gasteiger partial charge is 0.325 e. The first-order valence-electron chi connectivity index (χ1n) is 13.5. The van der Waals surface area contributed by atoms with Crippen LogP contribution in [0.2, 0.25) is 0 Å². The van der Waals surface area contributed by atoms with Gasteiger partial charge in [0.05, 0.1) is 52.9 Å². The fourth-order valence-electron chi connectivity index (χ4n) is 4.68. The van der Waals surface area contributed by atoms with E-state index in [1.54, 1.807) is 18.2 Å². The van der Waals surface area contributed by atoms with E-state index in [0.29, 0.717) is 42.1 Å². The monoisotopic (exact) mass is 630 g/mol. The van der Waals surface area contributed by atoms with Gasteiger partial charge < -0.3 is 38.2 Å². The Balaban J connectivity index is 2.02. The second kappa shape index (κ2) is 14.6. The Morgan fingerprint density at radius 1 is 0.905 bits per heavy atom. The summed E-state index contributed by atoms with van der Waals surface area (Å²) in [7, 11) is -3.81. The average Bonchev–Trinajstić information content (AvgIpc) is 3.42. The number of rotatable bonds is 16. The second-order valence-corrected chi connectivity index (χ2v) is 13.6. The molecular weight excluding hydrogens is 591 g/mol. The first-order valence-corrected chi connectivity index (χ1v) is 16.9. The van der Waals surface area contributed by atoms with Gasteiger partial charge in [-0.05, 0) is 68.0 Å². The third kappa shape index (κ3) is 8.61. The molecule has 1 heterocycles. The first-order chi connectivity index (χ1) is 19.8. The number of Topliss-reactive ketones (excluding diaryl/α,β-unsaturated/α-hetero) is 1. The molecule has 1 aliphatic rings. The summed E-state index contributed by atoms with van der Waals surface area (Å²) in [6, 6.07) is 6.67. The molecule has 0 aliphatic carbocycles. The van der Waals surface area contributed by atoms with Crippen LogP contribution in [0.25, 0.3) is 0 Å². The Kier molecular flexibility index (Phi) is 11.7. The molecular formula is C28H39O12PS. The highest BCUT2D eigenvalue weighted by Crippen LogP contribution is 2.48. The molecule has 12 nitrogen and oxygen atoms in total. The van der Waals surface area contributed by atoms with Crippen molar-refractivity contribution in [3.63, 3.8) is 0 Å². The summed E-state index contributed by atoms with van der Waals surface area (Å²) in [5.41, 5.74) is 1.29. The number of benzene rings is 2. The second-order valence-electron chi connectivity index (χ2n) is 9.90. The van der Waals surface area contributed by atoms with Gasteiger partial charge in [-0.3, -0.25) is 9.36 Å². The van der Waals surface area contributed by atoms with Crippen molar-refractivity contribution in [3.05, 3.63) is 35.4 Å². The lowest BCUT2D eigenvalue weighted by molar-refractivity contribution is -0.114. The Labute approximate surface area is 246 Å². The van der Waals surface area contributed by atoms with Crippen LogP contribution in [0.3, 0.4) is 0 Å². The first kappa shape index (κ1) is 33.7. The fraction of sp³-hybridized carbons (Fsp3) is 0.536. The maximum atomic E-state index is 13.4. The molecule has 234 valence electrons. The average molecular weight is 631 g/mol. The molecule has 3 rings (SSSR count). The number of ketones is 1. The van der Waals surface area contributed by atoms with E-state index in [4.69, 9.17) is 28.4 Å². The number of hydrogen-bond donors (Lipinski definition) is 2. The molecule has 1 fully saturated rings. The van der Waals surface area contributed by atoms with Crippen LogP contribution < -0.4 is 23.7 Å². The summed E-state index contributed by atoms with van der Waals surface area (Å²) in [6.07, 6.45) is 0.456. The number of carbonyl (C=O) groups excluding carboxylic acids is 1. The van der Waals surface area contributed by atoms with Crippen LogP contribution >= 0.6 is 7.60 Å². The fourth-order valence-corrected chi connectivity index (χ4v) is 6.67. The van der Waals surface area contributed by atoms with Crippen LogP contribution in [0.5, 0.6) is 28.7 Å². The minimum Gasteiger partial charge on any atom is -0.493 e. The summed E-state index contributed by atoms with van der Waals surface area (Å²) in [4.78, 5) is 30.1. The van der Waals surface area contributed by atoms with E-state index in [1.807, 2.05) is 6.92 Å². The van der Waals surface area contributed by atoms with Gasteiger partial charge in [-0.15, -0.1) is 0 Å². The van der Waals surface area contributed by atoms with Crippen LogP contribution in [-0.2, 0) is 23.9 Å². The van der Waals surface area contributed by atoms with E-state index in [0.717, 1.165) is 5.56 Å². The van der Waals surface area contributed by atoms with Crippen molar-refractivity contribution in [1.29, 1.82) is 0 Å². The van der Waals surface area contributed by atoms with Crippen molar-refractivity contribution in [3.8, 4) is 28.7 Å². The van der Waals surface area contributed by atoms with Crippen LogP contribution in [0.1, 0.15) is 62.9 Å². The normalized spacial score (nSPS) is 17.1. The van der Waals surface area contributed by atoms with Crippen molar-refractivity contribution >= 4 is 23.2 Å². The molecule has 0 aromatic heterocycles. The van der Waals surface area contributed by atoms with Gasteiger partial charge in [0.25, 0.3) is 0 Å². The van der Waals surface area contributed by atoms with Crippen LogP contribution in [-0.4, -0.2) is 70.4 Å². The largest absolute Gasteiger partial charge is 0.493 e. The Morgan fingerprint density at radius 3 is 1.98 bits per heavy atom. The SMILES string of the molecule is CCCOc1c(OCCCP(=O)(O)O)cc([C@@H]2CC[C@@H](c3cc(OC)c(OC)c(OC)c3)O2)cc1S(=O)(=O)CC(C)=O. The molecule has 0 saturated carbocycles. The molecule has 2 aromatic carbocycles. The lowest BCUT2D eigenvalue weighted by atomic mass is 10.0. The standard InChI is InChI=1S/C28H39O12PS/c1-6-10-39-28-25(38-11-7-12-41(30,31)32)15-20(16-26(28)42(33,34)17-18(2)29)22-9-8-21(40-22)19-13-23(35-3)27(37-5)24(14-19)36-4/h13-16,21-22H,6-12,17H2,1-5H3,(H2,30,31,32)/t21-,22-/m0/s1. The minimum atomic E-state index is -4.24. The van der Waals surface area contributed by atoms with Gasteiger partial charge in [-0.2, -0.15) is 0 Å². The molecule has 0 bridgehead atoms. The third-order valence-electron chi connectivity index (χ3n) is 6.52. The van der Waals surface area contributed by atoms with Crippen molar-refractivity contribution in [2.45, 2.75) is 56.6 Å². The number of sulfone groups is 1. The Hall–Kier alpha value is -2.83. The predicted molar refractivity (Wildman–Crippen MR) is 154 cm³/mol. The maximum Gasteiger partial charge on any atom is 0.325 e. The van der Waals surface area contributed by atoms with Gasteiger partial charge in [0.2, 0.25) is 5.75 Å². The van der Waals surface area contributed by atoms with Crippen molar-refractivity contribution < 1.29 is 56.0 Å². The Morgan fingerprint density at radius 2 is 1.48 bits per heavy atom. The van der Waals surface area contributed by atoms with Crippen molar-refractivity contribution in [2.75, 3.05) is 46.5 Å². The quantitative estimate of drug-likeness (QED) is 0.199. The molecule has 42 heavy (non-hydrogen) atoms. The van der Waals surface area contributed by atoms with Crippen LogP contribution in [0.15, 0.2) is 29.2 Å². The summed E-state index contributed by atoms with van der Waals surface area (Å²) >= 11 is 0. The van der Waals surface area contributed by atoms with E-state index >= 15 is 0 Å². The van der Waals surface area contributed by atoms with E-state index in [1.165, 1.54) is 34.3 Å². The number of ether oxygens (including phenoxy) is 6. The molecule has 14 heteroatoms. The molecule has 1 aliphatic heterocycles. The van der Waals surface area contributed by atoms with Gasteiger partial charge in [0, 0.05) is 0 Å². The highest BCUT2D eigenvalue weighted by Gasteiger charge is 2.33. The highest BCUT2D eigenvalue weighted by atomic mass is 32.2. The Bertz CT molecular complexity index is 1380. The van der Waals surface area contributed by atoms with Crippen LogP contribution in [0, 0.1) is 0 Å². The van der Waals surface area contributed by atoms with E-state index in [9.17, 15) is 27.6 Å². The molecule has 0 unspecified atom stereocenters. The summed E-state index contributed by atoms with van der Waals surface area (Å²) in [6.45, 7) is 3.14. The van der Waals surface area contributed by atoms with Gasteiger partial charge in [-0.1, -0.05) is 6.92 Å². The predicted octanol–water partition coefficient (Wildman–Crippen LogP) is 4.40.